The van der Waals surface area contributed by atoms with E-state index in [0.717, 1.165) is 49.3 Å². The Bertz CT molecular complexity index is 766. The second kappa shape index (κ2) is 7.81. The Morgan fingerprint density at radius 3 is 2.80 bits per heavy atom. The van der Waals surface area contributed by atoms with E-state index in [4.69, 9.17) is 4.74 Å². The molecule has 1 fully saturated rings. The van der Waals surface area contributed by atoms with Crippen LogP contribution in [0.5, 0.6) is 0 Å². The molecule has 0 spiro atoms. The Hall–Kier alpha value is -2.16. The number of morpholine rings is 1. The van der Waals surface area contributed by atoms with Gasteiger partial charge in [0.15, 0.2) is 0 Å². The first kappa shape index (κ1) is 17.7. The number of likely N-dealkylation sites (N-methyl/N-ethyl adjacent to an activating group) is 1. The zero-order valence-corrected chi connectivity index (χ0v) is 15.3. The molecule has 1 aliphatic heterocycles. The van der Waals surface area contributed by atoms with Crippen molar-refractivity contribution in [1.82, 2.24) is 9.88 Å². The fourth-order valence-electron chi connectivity index (χ4n) is 3.64. The lowest BCUT2D eigenvalue weighted by Crippen LogP contribution is -2.50. The highest BCUT2D eigenvalue weighted by Gasteiger charge is 2.27. The van der Waals surface area contributed by atoms with Crippen LogP contribution < -0.4 is 4.90 Å². The zero-order chi connectivity index (χ0) is 17.8. The number of hydrogen-bond donors (Lipinski definition) is 0. The van der Waals surface area contributed by atoms with Crippen molar-refractivity contribution < 1.29 is 4.74 Å². The van der Waals surface area contributed by atoms with Gasteiger partial charge in [0.1, 0.15) is 6.07 Å². The van der Waals surface area contributed by atoms with E-state index < -0.39 is 0 Å². The quantitative estimate of drug-likeness (QED) is 0.839. The first-order valence-corrected chi connectivity index (χ1v) is 9.06. The molecule has 0 radical (unpaired) electrons. The fourth-order valence-corrected chi connectivity index (χ4v) is 3.64. The zero-order valence-electron chi connectivity index (χ0n) is 15.3. The number of rotatable bonds is 5. The number of nitriles is 1. The van der Waals surface area contributed by atoms with E-state index in [2.05, 4.69) is 53.8 Å². The number of aromatic nitrogens is 1. The van der Waals surface area contributed by atoms with Crippen LogP contribution in [0, 0.1) is 11.3 Å². The lowest BCUT2D eigenvalue weighted by atomic mass is 10.1. The van der Waals surface area contributed by atoms with Gasteiger partial charge in [-0.25, -0.2) is 0 Å². The summed E-state index contributed by atoms with van der Waals surface area (Å²) in [5.41, 5.74) is 2.55. The lowest BCUT2D eigenvalue weighted by molar-refractivity contribution is -0.0309. The van der Waals surface area contributed by atoms with Crippen LogP contribution in [0.1, 0.15) is 26.3 Å². The molecular weight excluding hydrogens is 312 g/mol. The third-order valence-electron chi connectivity index (χ3n) is 4.89. The molecule has 1 aromatic carbocycles. The molecule has 1 aromatic heterocycles. The van der Waals surface area contributed by atoms with Gasteiger partial charge in [0.05, 0.1) is 23.3 Å². The van der Waals surface area contributed by atoms with Crippen molar-refractivity contribution in [2.45, 2.75) is 33.0 Å². The van der Waals surface area contributed by atoms with E-state index in [0.29, 0.717) is 5.56 Å². The molecular formula is C20H26N4O. The van der Waals surface area contributed by atoms with Gasteiger partial charge in [-0.15, -0.1) is 0 Å². The molecule has 0 unspecified atom stereocenters. The molecule has 1 aliphatic rings. The fraction of sp³-hybridized carbons (Fsp3) is 0.500. The molecule has 0 bridgehead atoms. The molecule has 2 aromatic rings. The minimum absolute atomic E-state index is 0.177. The maximum atomic E-state index is 9.35. The number of benzene rings is 1. The lowest BCUT2D eigenvalue weighted by Gasteiger charge is -2.40. The summed E-state index contributed by atoms with van der Waals surface area (Å²) in [4.78, 5) is 9.22. The average Bonchev–Trinajstić information content (AvgIpc) is 2.64. The predicted molar refractivity (Wildman–Crippen MR) is 101 cm³/mol. The van der Waals surface area contributed by atoms with Gasteiger partial charge < -0.3 is 14.5 Å². The number of pyridine rings is 1. The van der Waals surface area contributed by atoms with E-state index in [1.165, 1.54) is 0 Å². The van der Waals surface area contributed by atoms with Crippen molar-refractivity contribution in [3.05, 3.63) is 36.0 Å². The third-order valence-corrected chi connectivity index (χ3v) is 4.89. The predicted octanol–water partition coefficient (Wildman–Crippen LogP) is 3.04. The van der Waals surface area contributed by atoms with Gasteiger partial charge in [0, 0.05) is 36.9 Å². The minimum atomic E-state index is 0.177. The van der Waals surface area contributed by atoms with Crippen LogP contribution >= 0.6 is 0 Å². The number of hydrogen-bond acceptors (Lipinski definition) is 5. The van der Waals surface area contributed by atoms with Gasteiger partial charge in [-0.1, -0.05) is 13.8 Å². The van der Waals surface area contributed by atoms with Crippen molar-refractivity contribution in [2.24, 2.45) is 0 Å². The van der Waals surface area contributed by atoms with Crippen LogP contribution in [0.3, 0.4) is 0 Å². The van der Waals surface area contributed by atoms with Crippen molar-refractivity contribution in [1.29, 1.82) is 5.26 Å². The van der Waals surface area contributed by atoms with Crippen LogP contribution in [0.2, 0.25) is 0 Å². The number of ether oxygens (including phenoxy) is 1. The van der Waals surface area contributed by atoms with Gasteiger partial charge in [-0.3, -0.25) is 4.98 Å². The minimum Gasteiger partial charge on any atom is -0.370 e. The Balaban J connectivity index is 1.91. The van der Waals surface area contributed by atoms with Crippen molar-refractivity contribution in [2.75, 3.05) is 37.6 Å². The Morgan fingerprint density at radius 2 is 2.08 bits per heavy atom. The van der Waals surface area contributed by atoms with Gasteiger partial charge in [0.25, 0.3) is 0 Å². The molecule has 1 saturated heterocycles. The molecule has 2 atom stereocenters. The molecule has 0 N–H and O–H groups in total. The maximum absolute atomic E-state index is 9.35. The first-order chi connectivity index (χ1) is 12.2. The van der Waals surface area contributed by atoms with Crippen LogP contribution in [0.25, 0.3) is 10.9 Å². The summed E-state index contributed by atoms with van der Waals surface area (Å²) in [7, 11) is 0. The van der Waals surface area contributed by atoms with E-state index >= 15 is 0 Å². The maximum Gasteiger partial charge on any atom is 0.101 e. The highest BCUT2D eigenvalue weighted by molar-refractivity contribution is 5.95. The summed E-state index contributed by atoms with van der Waals surface area (Å²) in [5, 5.41) is 10.4. The van der Waals surface area contributed by atoms with Crippen molar-refractivity contribution >= 4 is 16.6 Å². The SMILES string of the molecule is CCN(CC)C[C@H]1CN(c2ccc(C#N)c3ncccc23)C[C@@H](C)O1. The van der Waals surface area contributed by atoms with E-state index in [1.807, 2.05) is 12.1 Å². The Morgan fingerprint density at radius 1 is 1.28 bits per heavy atom. The topological polar surface area (TPSA) is 52.4 Å². The van der Waals surface area contributed by atoms with Gasteiger partial charge >= 0.3 is 0 Å². The van der Waals surface area contributed by atoms with E-state index in [1.54, 1.807) is 6.20 Å². The number of nitrogens with zero attached hydrogens (tertiary/aromatic N) is 4. The third kappa shape index (κ3) is 3.76. The summed E-state index contributed by atoms with van der Waals surface area (Å²) < 4.78 is 6.18. The smallest absolute Gasteiger partial charge is 0.101 e. The summed E-state index contributed by atoms with van der Waals surface area (Å²) in [5.74, 6) is 0. The van der Waals surface area contributed by atoms with Gasteiger partial charge in [0.2, 0.25) is 0 Å². The molecule has 5 nitrogen and oxygen atoms in total. The van der Waals surface area contributed by atoms with E-state index in [-0.39, 0.29) is 12.2 Å². The molecule has 25 heavy (non-hydrogen) atoms. The van der Waals surface area contributed by atoms with Crippen molar-refractivity contribution in [3.63, 3.8) is 0 Å². The van der Waals surface area contributed by atoms with Crippen molar-refractivity contribution in [3.8, 4) is 6.07 Å². The van der Waals surface area contributed by atoms with Crippen LogP contribution in [0.15, 0.2) is 30.5 Å². The summed E-state index contributed by atoms with van der Waals surface area (Å²) in [6.07, 6.45) is 2.11. The van der Waals surface area contributed by atoms with Gasteiger partial charge in [-0.05, 0) is 44.3 Å². The largest absolute Gasteiger partial charge is 0.370 e. The van der Waals surface area contributed by atoms with E-state index in [9.17, 15) is 5.26 Å². The Kier molecular flexibility index (Phi) is 5.52. The second-order valence-electron chi connectivity index (χ2n) is 6.60. The normalized spacial score (nSPS) is 20.8. The number of fused-ring (bicyclic) bond motifs is 1. The molecule has 2 heterocycles. The average molecular weight is 338 g/mol. The molecule has 3 rings (SSSR count). The summed E-state index contributed by atoms with van der Waals surface area (Å²) in [6.45, 7) is 11.2. The first-order valence-electron chi connectivity index (χ1n) is 9.06. The summed E-state index contributed by atoms with van der Waals surface area (Å²) in [6, 6.07) is 10.2. The molecule has 132 valence electrons. The van der Waals surface area contributed by atoms with Crippen LogP contribution in [-0.4, -0.2) is 54.8 Å². The highest BCUT2D eigenvalue weighted by atomic mass is 16.5. The summed E-state index contributed by atoms with van der Waals surface area (Å²) >= 11 is 0. The highest BCUT2D eigenvalue weighted by Crippen LogP contribution is 2.30. The second-order valence-corrected chi connectivity index (χ2v) is 6.60. The van der Waals surface area contributed by atoms with Crippen LogP contribution in [0.4, 0.5) is 5.69 Å². The Labute approximate surface area is 149 Å². The molecule has 5 heteroatoms. The molecule has 0 amide bonds. The molecule has 0 aliphatic carbocycles. The monoisotopic (exact) mass is 338 g/mol. The van der Waals surface area contributed by atoms with Gasteiger partial charge in [-0.2, -0.15) is 5.26 Å². The molecule has 0 saturated carbocycles. The number of anilines is 1. The standard InChI is InChI=1S/C20H26N4O/c1-4-23(5-2)13-17-14-24(12-15(3)25-17)19-9-8-16(11-21)20-18(19)7-6-10-22-20/h6-10,15,17H,4-5,12-14H2,1-3H3/t15-,17+/m1/s1. The van der Waals surface area contributed by atoms with Crippen LogP contribution in [-0.2, 0) is 4.74 Å².